The Morgan fingerprint density at radius 1 is 1.35 bits per heavy atom. The Labute approximate surface area is 135 Å². The van der Waals surface area contributed by atoms with Crippen molar-refractivity contribution in [3.63, 3.8) is 0 Å². The van der Waals surface area contributed by atoms with Crippen LogP contribution in [0.25, 0.3) is 5.69 Å². The van der Waals surface area contributed by atoms with Crippen LogP contribution in [0.4, 0.5) is 4.39 Å². The van der Waals surface area contributed by atoms with E-state index in [1.54, 1.807) is 28.8 Å². The highest BCUT2D eigenvalue weighted by atomic mass is 19.1. The van der Waals surface area contributed by atoms with Gasteiger partial charge < -0.3 is 10.6 Å². The fraction of sp³-hybridized carbons (Fsp3) is 0.412. The maximum absolute atomic E-state index is 13.1. The van der Waals surface area contributed by atoms with Crippen LogP contribution < -0.4 is 5.73 Å². The van der Waals surface area contributed by atoms with Gasteiger partial charge in [0.2, 0.25) is 5.91 Å². The second-order valence-corrected chi connectivity index (χ2v) is 5.80. The molecule has 1 aromatic heterocycles. The van der Waals surface area contributed by atoms with Gasteiger partial charge in [-0.2, -0.15) is 5.10 Å². The van der Waals surface area contributed by atoms with Crippen LogP contribution in [0.2, 0.25) is 0 Å². The zero-order valence-corrected chi connectivity index (χ0v) is 14.0. The van der Waals surface area contributed by atoms with E-state index in [4.69, 9.17) is 5.73 Å². The second kappa shape index (κ2) is 6.91. The Kier molecular flexibility index (Phi) is 5.15. The molecular weight excluding hydrogens is 295 g/mol. The van der Waals surface area contributed by atoms with E-state index < -0.39 is 0 Å². The summed E-state index contributed by atoms with van der Waals surface area (Å²) < 4.78 is 14.8. The number of halogens is 1. The first-order chi connectivity index (χ1) is 10.8. The van der Waals surface area contributed by atoms with Crippen LogP contribution in [-0.4, -0.2) is 40.2 Å². The van der Waals surface area contributed by atoms with E-state index in [0.29, 0.717) is 6.54 Å². The fourth-order valence-corrected chi connectivity index (χ4v) is 2.44. The molecule has 2 aromatic rings. The molecule has 1 unspecified atom stereocenters. The lowest BCUT2D eigenvalue weighted by Gasteiger charge is -2.23. The molecule has 0 bridgehead atoms. The topological polar surface area (TPSA) is 64.2 Å². The van der Waals surface area contributed by atoms with Gasteiger partial charge in [-0.25, -0.2) is 9.07 Å². The SMILES string of the molecule is Cc1nn(-c2ccc(F)cc2)c(C)c1CC(=O)N(C)C(C)CN. The molecule has 0 saturated carbocycles. The van der Waals surface area contributed by atoms with Crippen molar-refractivity contribution in [3.05, 3.63) is 47.0 Å². The smallest absolute Gasteiger partial charge is 0.227 e. The highest BCUT2D eigenvalue weighted by Gasteiger charge is 2.20. The average molecular weight is 318 g/mol. The molecule has 1 atom stereocenters. The van der Waals surface area contributed by atoms with Gasteiger partial charge in [0, 0.05) is 30.9 Å². The molecule has 23 heavy (non-hydrogen) atoms. The van der Waals surface area contributed by atoms with E-state index in [2.05, 4.69) is 5.10 Å². The molecule has 0 fully saturated rings. The average Bonchev–Trinajstić information content (AvgIpc) is 2.82. The Hall–Kier alpha value is -2.21. The van der Waals surface area contributed by atoms with Crippen molar-refractivity contribution < 1.29 is 9.18 Å². The summed E-state index contributed by atoms with van der Waals surface area (Å²) in [7, 11) is 1.76. The molecule has 2 N–H and O–H groups in total. The maximum atomic E-state index is 13.1. The number of carbonyl (C=O) groups excluding carboxylic acids is 1. The van der Waals surface area contributed by atoms with Crippen LogP contribution in [0.15, 0.2) is 24.3 Å². The number of hydrogen-bond donors (Lipinski definition) is 1. The first-order valence-corrected chi connectivity index (χ1v) is 7.62. The predicted octanol–water partition coefficient (Wildman–Crippen LogP) is 1.98. The molecule has 0 aliphatic rings. The van der Waals surface area contributed by atoms with Gasteiger partial charge >= 0.3 is 0 Å². The molecule has 0 aliphatic heterocycles. The third-order valence-corrected chi connectivity index (χ3v) is 4.24. The standard InChI is InChI=1S/C17H23FN4O/c1-11(10-19)21(4)17(23)9-16-12(2)20-22(13(16)3)15-7-5-14(18)6-8-15/h5-8,11H,9-10,19H2,1-4H3. The highest BCUT2D eigenvalue weighted by molar-refractivity contribution is 5.79. The highest BCUT2D eigenvalue weighted by Crippen LogP contribution is 2.19. The minimum absolute atomic E-state index is 0.00439. The zero-order chi connectivity index (χ0) is 17.1. The van der Waals surface area contributed by atoms with Crippen molar-refractivity contribution in [1.29, 1.82) is 0 Å². The lowest BCUT2D eigenvalue weighted by atomic mass is 10.1. The summed E-state index contributed by atoms with van der Waals surface area (Å²) in [5.74, 6) is -0.282. The van der Waals surface area contributed by atoms with Crippen molar-refractivity contribution in [1.82, 2.24) is 14.7 Å². The molecule has 2 rings (SSSR count). The van der Waals surface area contributed by atoms with Gasteiger partial charge in [0.1, 0.15) is 5.82 Å². The normalized spacial score (nSPS) is 12.3. The van der Waals surface area contributed by atoms with Gasteiger partial charge in [-0.1, -0.05) is 0 Å². The van der Waals surface area contributed by atoms with Crippen LogP contribution in [0.1, 0.15) is 23.9 Å². The van der Waals surface area contributed by atoms with E-state index in [1.165, 1.54) is 12.1 Å². The van der Waals surface area contributed by atoms with E-state index in [0.717, 1.165) is 22.6 Å². The lowest BCUT2D eigenvalue weighted by molar-refractivity contribution is -0.130. The largest absolute Gasteiger partial charge is 0.341 e. The summed E-state index contributed by atoms with van der Waals surface area (Å²) >= 11 is 0. The number of rotatable bonds is 5. The first-order valence-electron chi connectivity index (χ1n) is 7.62. The van der Waals surface area contributed by atoms with Gasteiger partial charge in [-0.3, -0.25) is 4.79 Å². The fourth-order valence-electron chi connectivity index (χ4n) is 2.44. The number of hydrogen-bond acceptors (Lipinski definition) is 3. The minimum atomic E-state index is -0.289. The molecule has 6 heteroatoms. The summed E-state index contributed by atoms with van der Waals surface area (Å²) in [6.07, 6.45) is 0.277. The molecule has 0 spiro atoms. The number of aromatic nitrogens is 2. The van der Waals surface area contributed by atoms with Gasteiger partial charge in [-0.05, 0) is 45.0 Å². The molecular formula is C17H23FN4O. The quantitative estimate of drug-likeness (QED) is 0.917. The zero-order valence-electron chi connectivity index (χ0n) is 14.0. The van der Waals surface area contributed by atoms with Crippen LogP contribution in [0.3, 0.4) is 0 Å². The van der Waals surface area contributed by atoms with E-state index in [1.807, 2.05) is 20.8 Å². The summed E-state index contributed by atoms with van der Waals surface area (Å²) in [4.78, 5) is 14.1. The van der Waals surface area contributed by atoms with E-state index >= 15 is 0 Å². The minimum Gasteiger partial charge on any atom is -0.341 e. The van der Waals surface area contributed by atoms with Crippen LogP contribution in [0.5, 0.6) is 0 Å². The van der Waals surface area contributed by atoms with Crippen molar-refractivity contribution in [2.24, 2.45) is 5.73 Å². The number of nitrogens with zero attached hydrogens (tertiary/aromatic N) is 3. The number of amides is 1. The van der Waals surface area contributed by atoms with Gasteiger partial charge in [0.05, 0.1) is 17.8 Å². The Morgan fingerprint density at radius 2 is 1.96 bits per heavy atom. The van der Waals surface area contributed by atoms with Gasteiger partial charge in [0.25, 0.3) is 0 Å². The molecule has 0 saturated heterocycles. The first kappa shape index (κ1) is 17.1. The molecule has 1 amide bonds. The third-order valence-electron chi connectivity index (χ3n) is 4.24. The number of aryl methyl sites for hydroxylation is 1. The van der Waals surface area contributed by atoms with Crippen LogP contribution >= 0.6 is 0 Å². The van der Waals surface area contributed by atoms with E-state index in [-0.39, 0.29) is 24.2 Å². The Morgan fingerprint density at radius 3 is 2.52 bits per heavy atom. The van der Waals surface area contributed by atoms with Crippen LogP contribution in [0, 0.1) is 19.7 Å². The monoisotopic (exact) mass is 318 g/mol. The summed E-state index contributed by atoms with van der Waals surface area (Å²) in [6.45, 7) is 6.13. The summed E-state index contributed by atoms with van der Waals surface area (Å²) in [5, 5.41) is 4.49. The van der Waals surface area contributed by atoms with Crippen molar-refractivity contribution in [2.75, 3.05) is 13.6 Å². The second-order valence-electron chi connectivity index (χ2n) is 5.80. The number of nitrogens with two attached hydrogens (primary N) is 1. The summed E-state index contributed by atoms with van der Waals surface area (Å²) in [5.41, 5.74) is 8.97. The molecule has 1 heterocycles. The van der Waals surface area contributed by atoms with E-state index in [9.17, 15) is 9.18 Å². The summed E-state index contributed by atoms with van der Waals surface area (Å²) in [6, 6.07) is 6.13. The Bertz CT molecular complexity index is 693. The molecule has 1 aromatic carbocycles. The molecule has 5 nitrogen and oxygen atoms in total. The third kappa shape index (κ3) is 3.59. The molecule has 0 radical (unpaired) electrons. The molecule has 0 aliphatic carbocycles. The van der Waals surface area contributed by atoms with Gasteiger partial charge in [-0.15, -0.1) is 0 Å². The number of carbonyl (C=O) groups is 1. The predicted molar refractivity (Wildman–Crippen MR) is 88.0 cm³/mol. The number of likely N-dealkylation sites (N-methyl/N-ethyl adjacent to an activating group) is 1. The molecule has 124 valence electrons. The van der Waals surface area contributed by atoms with Gasteiger partial charge in [0.15, 0.2) is 0 Å². The van der Waals surface area contributed by atoms with Crippen molar-refractivity contribution in [3.8, 4) is 5.69 Å². The lowest BCUT2D eigenvalue weighted by Crippen LogP contribution is -2.40. The van der Waals surface area contributed by atoms with Crippen LogP contribution in [-0.2, 0) is 11.2 Å². The number of benzene rings is 1. The maximum Gasteiger partial charge on any atom is 0.227 e. The Balaban J connectivity index is 2.28. The van der Waals surface area contributed by atoms with Crippen molar-refractivity contribution in [2.45, 2.75) is 33.2 Å². The van der Waals surface area contributed by atoms with Crippen molar-refractivity contribution >= 4 is 5.91 Å².